The molecule has 0 radical (unpaired) electrons. The van der Waals surface area contributed by atoms with Gasteiger partial charge in [-0.25, -0.2) is 4.98 Å². The van der Waals surface area contributed by atoms with E-state index >= 15 is 0 Å². The van der Waals surface area contributed by atoms with Crippen LogP contribution in [0.4, 0.5) is 0 Å². The molecule has 0 bridgehead atoms. The highest BCUT2D eigenvalue weighted by molar-refractivity contribution is 6.31. The highest BCUT2D eigenvalue weighted by atomic mass is 35.5. The van der Waals surface area contributed by atoms with Crippen LogP contribution in [0.25, 0.3) is 11.0 Å². The van der Waals surface area contributed by atoms with Gasteiger partial charge in [-0.15, -0.1) is 0 Å². The van der Waals surface area contributed by atoms with E-state index in [4.69, 9.17) is 22.2 Å². The van der Waals surface area contributed by atoms with Crippen molar-refractivity contribution in [3.8, 4) is 5.75 Å². The molecule has 25 heavy (non-hydrogen) atoms. The van der Waals surface area contributed by atoms with Crippen LogP contribution in [-0.2, 0) is 0 Å². The maximum Gasteiger partial charge on any atom is 0.276 e. The Labute approximate surface area is 147 Å². The van der Waals surface area contributed by atoms with E-state index in [1.807, 2.05) is 0 Å². The second kappa shape index (κ2) is 6.92. The molecule has 7 nitrogen and oxygen atoms in total. The molecule has 0 amide bonds. The van der Waals surface area contributed by atoms with Gasteiger partial charge in [0.1, 0.15) is 17.6 Å². The minimum atomic E-state index is -1.21. The topological polar surface area (TPSA) is 114 Å². The number of ether oxygens (including phenoxy) is 1. The van der Waals surface area contributed by atoms with Crippen LogP contribution in [-0.4, -0.2) is 27.9 Å². The number of hydrazone groups is 1. The number of benzene rings is 2. The lowest BCUT2D eigenvalue weighted by molar-refractivity contribution is 0.247. The van der Waals surface area contributed by atoms with Crippen molar-refractivity contribution >= 4 is 28.3 Å². The Morgan fingerprint density at radius 2 is 2.04 bits per heavy atom. The number of rotatable bonds is 4. The summed E-state index contributed by atoms with van der Waals surface area (Å²) >= 11 is 5.91. The van der Waals surface area contributed by atoms with Gasteiger partial charge in [-0.1, -0.05) is 23.7 Å². The summed E-state index contributed by atoms with van der Waals surface area (Å²) in [4.78, 5) is 19.3. The van der Waals surface area contributed by atoms with E-state index in [-0.39, 0.29) is 11.4 Å². The Morgan fingerprint density at radius 3 is 2.68 bits per heavy atom. The Hall–Kier alpha value is -2.90. The first-order valence-electron chi connectivity index (χ1n) is 7.33. The molecule has 0 aliphatic rings. The number of fused-ring (bicyclic) bond motifs is 1. The summed E-state index contributed by atoms with van der Waals surface area (Å²) in [5.41, 5.74) is 0.872. The van der Waals surface area contributed by atoms with E-state index in [2.05, 4.69) is 15.1 Å². The Balaban J connectivity index is 2.05. The van der Waals surface area contributed by atoms with Crippen molar-refractivity contribution in [2.24, 2.45) is 10.9 Å². The molecule has 0 fully saturated rings. The van der Waals surface area contributed by atoms with Gasteiger partial charge in [-0.3, -0.25) is 4.79 Å². The van der Waals surface area contributed by atoms with Crippen LogP contribution in [0.15, 0.2) is 52.4 Å². The zero-order valence-corrected chi connectivity index (χ0v) is 14.0. The van der Waals surface area contributed by atoms with Crippen LogP contribution >= 0.6 is 11.6 Å². The first-order valence-corrected chi connectivity index (χ1v) is 7.71. The van der Waals surface area contributed by atoms with Crippen LogP contribution < -0.4 is 16.1 Å². The lowest BCUT2D eigenvalue weighted by Crippen LogP contribution is -2.26. The average Bonchev–Trinajstić information content (AvgIpc) is 2.62. The molecule has 1 aromatic heterocycles. The fourth-order valence-corrected chi connectivity index (χ4v) is 2.61. The van der Waals surface area contributed by atoms with Crippen molar-refractivity contribution in [1.82, 2.24) is 9.97 Å². The second-order valence-corrected chi connectivity index (χ2v) is 5.70. The molecule has 1 unspecified atom stereocenters. The second-order valence-electron chi connectivity index (χ2n) is 5.27. The number of methoxy groups -OCH3 is 1. The summed E-state index contributed by atoms with van der Waals surface area (Å²) in [5, 5.41) is 14.6. The third kappa shape index (κ3) is 3.33. The molecule has 8 heteroatoms. The van der Waals surface area contributed by atoms with Crippen molar-refractivity contribution in [3.05, 3.63) is 69.1 Å². The minimum Gasteiger partial charge on any atom is -0.497 e. The molecule has 0 spiro atoms. The predicted octanol–water partition coefficient (Wildman–Crippen LogP) is 1.98. The number of nitrogens with two attached hydrogens (primary N) is 1. The molecule has 1 heterocycles. The molecule has 2 aromatic carbocycles. The van der Waals surface area contributed by atoms with Crippen LogP contribution in [0.2, 0.25) is 5.02 Å². The van der Waals surface area contributed by atoms with E-state index < -0.39 is 11.7 Å². The molecule has 0 saturated heterocycles. The molecule has 0 aliphatic carbocycles. The number of nitrogens with one attached hydrogen (secondary N) is 1. The van der Waals surface area contributed by atoms with E-state index in [0.29, 0.717) is 27.4 Å². The standard InChI is InChI=1S/C17H15ClN4O3/c1-25-11-5-2-9(3-6-11)16(23)14(22-19)15-17(24)21-13-8-10(18)4-7-12(13)20-15/h2-8,16,23H,19H2,1H3,(H,21,24)/b22-14-. The largest absolute Gasteiger partial charge is 0.497 e. The van der Waals surface area contributed by atoms with E-state index in [1.54, 1.807) is 49.6 Å². The SMILES string of the molecule is COc1ccc(C(O)/C(=N\N)c2nc3ccc(Cl)cc3[nH]c2=O)cc1. The van der Waals surface area contributed by atoms with Gasteiger partial charge in [0, 0.05) is 5.02 Å². The summed E-state index contributed by atoms with van der Waals surface area (Å²) in [7, 11) is 1.54. The monoisotopic (exact) mass is 358 g/mol. The minimum absolute atomic E-state index is 0.0386. The smallest absolute Gasteiger partial charge is 0.276 e. The number of aromatic nitrogens is 2. The zero-order chi connectivity index (χ0) is 18.0. The first-order chi connectivity index (χ1) is 12.0. The van der Waals surface area contributed by atoms with Gasteiger partial charge < -0.3 is 20.7 Å². The van der Waals surface area contributed by atoms with Gasteiger partial charge >= 0.3 is 0 Å². The number of aliphatic hydroxyl groups is 1. The summed E-state index contributed by atoms with van der Waals surface area (Å²) in [5.74, 6) is 6.07. The van der Waals surface area contributed by atoms with Crippen molar-refractivity contribution in [2.75, 3.05) is 7.11 Å². The van der Waals surface area contributed by atoms with Crippen molar-refractivity contribution in [2.45, 2.75) is 6.10 Å². The third-order valence-electron chi connectivity index (χ3n) is 3.73. The lowest BCUT2D eigenvalue weighted by Gasteiger charge is -2.13. The Kier molecular flexibility index (Phi) is 4.69. The summed E-state index contributed by atoms with van der Waals surface area (Å²) < 4.78 is 5.08. The quantitative estimate of drug-likeness (QED) is 0.375. The number of hydrogen-bond donors (Lipinski definition) is 3. The van der Waals surface area contributed by atoms with Crippen LogP contribution in [0.1, 0.15) is 17.4 Å². The highest BCUT2D eigenvalue weighted by Gasteiger charge is 2.22. The van der Waals surface area contributed by atoms with E-state index in [0.717, 1.165) is 0 Å². The normalized spacial score (nSPS) is 13.0. The molecule has 0 aliphatic heterocycles. The fraction of sp³-hybridized carbons (Fsp3) is 0.118. The average molecular weight is 359 g/mol. The van der Waals surface area contributed by atoms with Crippen molar-refractivity contribution in [3.63, 3.8) is 0 Å². The highest BCUT2D eigenvalue weighted by Crippen LogP contribution is 2.21. The lowest BCUT2D eigenvalue weighted by atomic mass is 10.0. The van der Waals surface area contributed by atoms with Crippen molar-refractivity contribution in [1.29, 1.82) is 0 Å². The number of hydrogen-bond acceptors (Lipinski definition) is 6. The zero-order valence-electron chi connectivity index (χ0n) is 13.2. The maximum absolute atomic E-state index is 12.4. The van der Waals surface area contributed by atoms with Gasteiger partial charge in [-0.2, -0.15) is 5.10 Å². The van der Waals surface area contributed by atoms with Gasteiger partial charge in [0.25, 0.3) is 5.56 Å². The third-order valence-corrected chi connectivity index (χ3v) is 3.96. The molecular weight excluding hydrogens is 344 g/mol. The Bertz CT molecular complexity index is 999. The van der Waals surface area contributed by atoms with Gasteiger partial charge in [-0.05, 0) is 35.9 Å². The molecule has 3 rings (SSSR count). The van der Waals surface area contributed by atoms with Gasteiger partial charge in [0.05, 0.1) is 18.1 Å². The molecule has 4 N–H and O–H groups in total. The number of aromatic amines is 1. The van der Waals surface area contributed by atoms with Crippen molar-refractivity contribution < 1.29 is 9.84 Å². The maximum atomic E-state index is 12.4. The van der Waals surface area contributed by atoms with Crippen LogP contribution in [0.5, 0.6) is 5.75 Å². The molecule has 1 atom stereocenters. The number of nitrogens with zero attached hydrogens (tertiary/aromatic N) is 2. The van der Waals surface area contributed by atoms with Gasteiger partial charge in [0.15, 0.2) is 5.69 Å². The number of halogens is 1. The molecule has 128 valence electrons. The molecule has 0 saturated carbocycles. The van der Waals surface area contributed by atoms with Crippen LogP contribution in [0, 0.1) is 0 Å². The first kappa shape index (κ1) is 16.9. The summed E-state index contributed by atoms with van der Waals surface area (Å²) in [6.45, 7) is 0. The Morgan fingerprint density at radius 1 is 1.32 bits per heavy atom. The number of H-pyrrole nitrogens is 1. The predicted molar refractivity (Wildman–Crippen MR) is 96.1 cm³/mol. The molecular formula is C17H15ClN4O3. The van der Waals surface area contributed by atoms with E-state index in [1.165, 1.54) is 0 Å². The van der Waals surface area contributed by atoms with E-state index in [9.17, 15) is 9.90 Å². The summed E-state index contributed by atoms with van der Waals surface area (Å²) in [6, 6.07) is 11.6. The van der Waals surface area contributed by atoms with Gasteiger partial charge in [0.2, 0.25) is 0 Å². The molecule has 3 aromatic rings. The van der Waals surface area contributed by atoms with Crippen LogP contribution in [0.3, 0.4) is 0 Å². The number of aliphatic hydroxyl groups excluding tert-OH is 1. The fourth-order valence-electron chi connectivity index (χ4n) is 2.44. The summed E-state index contributed by atoms with van der Waals surface area (Å²) in [6.07, 6.45) is -1.21.